The predicted octanol–water partition coefficient (Wildman–Crippen LogP) is 4.41. The van der Waals surface area contributed by atoms with Crippen LogP contribution in [0, 0.1) is 5.82 Å². The van der Waals surface area contributed by atoms with E-state index in [4.69, 9.17) is 9.31 Å². The van der Waals surface area contributed by atoms with Gasteiger partial charge in [-0.2, -0.15) is 0 Å². The molecule has 1 saturated heterocycles. The molecule has 1 fully saturated rings. The van der Waals surface area contributed by atoms with Crippen LogP contribution in [0.25, 0.3) is 0 Å². The van der Waals surface area contributed by atoms with Crippen LogP contribution >= 0.6 is 0 Å². The molecule has 0 bridgehead atoms. The van der Waals surface area contributed by atoms with E-state index >= 15 is 0 Å². The molecule has 4 heteroatoms. The minimum atomic E-state index is -0.348. The first-order valence-corrected chi connectivity index (χ1v) is 7.46. The molecule has 0 N–H and O–H groups in total. The molecule has 2 nitrogen and oxygen atoms in total. The van der Waals surface area contributed by atoms with E-state index in [1.807, 2.05) is 39.8 Å². The average molecular weight is 290 g/mol. The summed E-state index contributed by atoms with van der Waals surface area (Å²) in [6.07, 6.45) is 3.35. The summed E-state index contributed by atoms with van der Waals surface area (Å²) in [7, 11) is -0.295. The average Bonchev–Trinajstić information content (AvgIpc) is 2.58. The Morgan fingerprint density at radius 2 is 1.86 bits per heavy atom. The lowest BCUT2D eigenvalue weighted by molar-refractivity contribution is 0.00578. The van der Waals surface area contributed by atoms with E-state index in [1.165, 1.54) is 6.07 Å². The van der Waals surface area contributed by atoms with Gasteiger partial charge in [-0.05, 0) is 58.2 Å². The predicted molar refractivity (Wildman–Crippen MR) is 84.8 cm³/mol. The molecule has 2 rings (SSSR count). The largest absolute Gasteiger partial charge is 0.461 e. The van der Waals surface area contributed by atoms with Crippen molar-refractivity contribution >= 4 is 7.12 Å². The fourth-order valence-electron chi connectivity index (χ4n) is 2.55. The summed E-state index contributed by atoms with van der Waals surface area (Å²) < 4.78 is 25.6. The van der Waals surface area contributed by atoms with Crippen LogP contribution in [0.1, 0.15) is 39.7 Å². The Balaban J connectivity index is 2.15. The van der Waals surface area contributed by atoms with E-state index < -0.39 is 0 Å². The van der Waals surface area contributed by atoms with Crippen molar-refractivity contribution in [1.29, 1.82) is 0 Å². The van der Waals surface area contributed by atoms with Crippen molar-refractivity contribution in [2.75, 3.05) is 0 Å². The Bertz CT molecular complexity index is 497. The lowest BCUT2D eigenvalue weighted by Gasteiger charge is -2.32. The summed E-state index contributed by atoms with van der Waals surface area (Å²) in [5.74, 6) is -0.0795. The Hall–Kier alpha value is -1.13. The molecule has 0 aromatic heterocycles. The van der Waals surface area contributed by atoms with Gasteiger partial charge in [0.05, 0.1) is 11.2 Å². The van der Waals surface area contributed by atoms with Gasteiger partial charge in [-0.25, -0.2) is 4.39 Å². The van der Waals surface area contributed by atoms with Crippen LogP contribution in [0.5, 0.6) is 0 Å². The third-order valence-corrected chi connectivity index (χ3v) is 4.51. The molecule has 1 aliphatic rings. The number of halogens is 1. The van der Waals surface area contributed by atoms with Crippen LogP contribution in [0.15, 0.2) is 36.9 Å². The highest BCUT2D eigenvalue weighted by atomic mass is 19.1. The topological polar surface area (TPSA) is 18.5 Å². The van der Waals surface area contributed by atoms with Crippen molar-refractivity contribution in [3.8, 4) is 0 Å². The number of benzene rings is 1. The zero-order valence-electron chi connectivity index (χ0n) is 13.4. The summed E-state index contributed by atoms with van der Waals surface area (Å²) in [5.41, 5.74) is 0.259. The number of allylic oxidation sites excluding steroid dienone is 1. The zero-order valence-corrected chi connectivity index (χ0v) is 13.4. The van der Waals surface area contributed by atoms with E-state index in [2.05, 4.69) is 6.58 Å². The van der Waals surface area contributed by atoms with Crippen molar-refractivity contribution in [1.82, 2.24) is 0 Å². The number of hydrogen-bond donors (Lipinski definition) is 0. The molecule has 0 spiro atoms. The Morgan fingerprint density at radius 1 is 1.24 bits per heavy atom. The second kappa shape index (κ2) is 5.94. The van der Waals surface area contributed by atoms with Gasteiger partial charge in [-0.1, -0.05) is 18.2 Å². The number of rotatable bonds is 5. The summed E-state index contributed by atoms with van der Waals surface area (Å²) >= 11 is 0. The summed E-state index contributed by atoms with van der Waals surface area (Å²) in [6, 6.07) is 6.70. The maximum absolute atomic E-state index is 13.3. The molecular weight excluding hydrogens is 266 g/mol. The van der Waals surface area contributed by atoms with Crippen molar-refractivity contribution in [2.24, 2.45) is 0 Å². The molecule has 0 amide bonds. The van der Waals surface area contributed by atoms with Gasteiger partial charge in [-0.15, -0.1) is 6.58 Å². The molecular formula is C17H24BFO2. The quantitative estimate of drug-likeness (QED) is 0.591. The Labute approximate surface area is 127 Å². The van der Waals surface area contributed by atoms with Crippen LogP contribution < -0.4 is 0 Å². The molecule has 1 aromatic rings. The van der Waals surface area contributed by atoms with Gasteiger partial charge >= 0.3 is 7.12 Å². The fraction of sp³-hybridized carbons (Fsp3) is 0.529. The van der Waals surface area contributed by atoms with E-state index in [9.17, 15) is 4.39 Å². The van der Waals surface area contributed by atoms with Gasteiger partial charge in [0.25, 0.3) is 0 Å². The molecule has 1 atom stereocenters. The van der Waals surface area contributed by atoms with Gasteiger partial charge in [-0.3, -0.25) is 0 Å². The van der Waals surface area contributed by atoms with Crippen molar-refractivity contribution in [3.05, 3.63) is 48.3 Å². The van der Waals surface area contributed by atoms with Gasteiger partial charge in [0.2, 0.25) is 0 Å². The van der Waals surface area contributed by atoms with Crippen LogP contribution in [0.4, 0.5) is 4.39 Å². The van der Waals surface area contributed by atoms with E-state index in [1.54, 1.807) is 12.1 Å². The molecule has 0 aliphatic carbocycles. The molecule has 1 heterocycles. The van der Waals surface area contributed by atoms with Gasteiger partial charge in [0.15, 0.2) is 0 Å². The summed E-state index contributed by atoms with van der Waals surface area (Å²) in [4.78, 5) is 0. The molecule has 1 unspecified atom stereocenters. The highest BCUT2D eigenvalue weighted by Gasteiger charge is 2.53. The second-order valence-electron chi connectivity index (χ2n) is 6.74. The maximum atomic E-state index is 13.3. The standard InChI is InChI=1S/C17H24BFO2/c1-6-8-14(11-13-9-7-10-15(19)12-13)18-20-16(2,3)17(4,5)21-18/h6-7,9-10,12,14H,1,8,11H2,2-5H3. The third-order valence-electron chi connectivity index (χ3n) is 4.51. The molecule has 1 aliphatic heterocycles. The minimum Gasteiger partial charge on any atom is -0.403 e. The summed E-state index contributed by atoms with van der Waals surface area (Å²) in [5, 5.41) is 0. The normalized spacial score (nSPS) is 21.3. The molecule has 114 valence electrons. The number of hydrogen-bond acceptors (Lipinski definition) is 2. The zero-order chi connectivity index (χ0) is 15.7. The fourth-order valence-corrected chi connectivity index (χ4v) is 2.55. The van der Waals surface area contributed by atoms with Crippen LogP contribution in [-0.2, 0) is 15.7 Å². The van der Waals surface area contributed by atoms with Crippen LogP contribution in [-0.4, -0.2) is 18.3 Å². The highest BCUT2D eigenvalue weighted by Crippen LogP contribution is 2.41. The lowest BCUT2D eigenvalue weighted by atomic mass is 9.67. The van der Waals surface area contributed by atoms with Crippen molar-refractivity contribution < 1.29 is 13.7 Å². The smallest absolute Gasteiger partial charge is 0.403 e. The first kappa shape index (κ1) is 16.2. The van der Waals surface area contributed by atoms with Crippen LogP contribution in [0.3, 0.4) is 0 Å². The Morgan fingerprint density at radius 3 is 2.38 bits per heavy atom. The van der Waals surface area contributed by atoms with E-state index in [-0.39, 0.29) is 30.0 Å². The lowest BCUT2D eigenvalue weighted by Crippen LogP contribution is -2.41. The Kier molecular flexibility index (Phi) is 4.59. The molecule has 0 radical (unpaired) electrons. The van der Waals surface area contributed by atoms with E-state index in [0.717, 1.165) is 12.0 Å². The van der Waals surface area contributed by atoms with Crippen LogP contribution in [0.2, 0.25) is 5.82 Å². The van der Waals surface area contributed by atoms with Gasteiger partial charge < -0.3 is 9.31 Å². The van der Waals surface area contributed by atoms with E-state index in [0.29, 0.717) is 6.42 Å². The van der Waals surface area contributed by atoms with Gasteiger partial charge in [0, 0.05) is 5.82 Å². The van der Waals surface area contributed by atoms with Crippen molar-refractivity contribution in [2.45, 2.75) is 57.6 Å². The maximum Gasteiger partial charge on any atom is 0.461 e. The van der Waals surface area contributed by atoms with Crippen molar-refractivity contribution in [3.63, 3.8) is 0 Å². The minimum absolute atomic E-state index is 0.130. The first-order valence-electron chi connectivity index (χ1n) is 7.46. The molecule has 21 heavy (non-hydrogen) atoms. The summed E-state index contributed by atoms with van der Waals surface area (Å²) in [6.45, 7) is 12.0. The third kappa shape index (κ3) is 3.56. The van der Waals surface area contributed by atoms with Gasteiger partial charge in [0.1, 0.15) is 5.82 Å². The monoisotopic (exact) mass is 290 g/mol. The molecule has 1 aromatic carbocycles. The second-order valence-corrected chi connectivity index (χ2v) is 6.74. The molecule has 0 saturated carbocycles. The SMILES string of the molecule is C=CCC(Cc1cccc(F)c1)B1OC(C)(C)C(C)(C)O1. The first-order chi connectivity index (χ1) is 9.75. The highest BCUT2D eigenvalue weighted by molar-refractivity contribution is 6.47.